The number of rotatable bonds is 2. The SMILES string of the molecule is N#CC1=C(C(=O)Nc2cc(Cl)ccc2F)CCCC1. The third-order valence-corrected chi connectivity index (χ3v) is 3.29. The van der Waals surface area contributed by atoms with Gasteiger partial charge in [0.15, 0.2) is 0 Å². The highest BCUT2D eigenvalue weighted by molar-refractivity contribution is 6.31. The van der Waals surface area contributed by atoms with E-state index in [1.165, 1.54) is 18.2 Å². The molecule has 0 heterocycles. The number of carbonyl (C=O) groups excluding carboxylic acids is 1. The van der Waals surface area contributed by atoms with Crippen LogP contribution in [-0.2, 0) is 4.79 Å². The Morgan fingerprint density at radius 1 is 1.37 bits per heavy atom. The Morgan fingerprint density at radius 2 is 2.11 bits per heavy atom. The van der Waals surface area contributed by atoms with Gasteiger partial charge in [-0.3, -0.25) is 4.79 Å². The first kappa shape index (κ1) is 13.6. The Kier molecular flexibility index (Phi) is 4.18. The second kappa shape index (κ2) is 5.85. The van der Waals surface area contributed by atoms with E-state index in [4.69, 9.17) is 16.9 Å². The van der Waals surface area contributed by atoms with E-state index in [1.54, 1.807) is 0 Å². The molecule has 1 amide bonds. The highest BCUT2D eigenvalue weighted by Gasteiger charge is 2.20. The molecule has 0 bridgehead atoms. The molecule has 0 saturated heterocycles. The van der Waals surface area contributed by atoms with E-state index in [0.717, 1.165) is 12.8 Å². The number of carbonyl (C=O) groups is 1. The number of nitrogens with one attached hydrogen (secondary N) is 1. The van der Waals surface area contributed by atoms with Crippen molar-refractivity contribution in [1.29, 1.82) is 5.26 Å². The molecule has 98 valence electrons. The van der Waals surface area contributed by atoms with Crippen LogP contribution in [0.25, 0.3) is 0 Å². The Bertz CT molecular complexity index is 590. The van der Waals surface area contributed by atoms with E-state index in [9.17, 15) is 9.18 Å². The van der Waals surface area contributed by atoms with Crippen molar-refractivity contribution in [2.24, 2.45) is 0 Å². The van der Waals surface area contributed by atoms with E-state index in [0.29, 0.717) is 29.0 Å². The van der Waals surface area contributed by atoms with Crippen LogP contribution in [0.5, 0.6) is 0 Å². The lowest BCUT2D eigenvalue weighted by Crippen LogP contribution is -2.18. The molecule has 1 aromatic rings. The Labute approximate surface area is 115 Å². The van der Waals surface area contributed by atoms with Crippen LogP contribution in [0.4, 0.5) is 10.1 Å². The zero-order valence-electron chi connectivity index (χ0n) is 10.2. The predicted octanol–water partition coefficient (Wildman–Crippen LogP) is 3.81. The molecule has 1 aliphatic carbocycles. The summed E-state index contributed by atoms with van der Waals surface area (Å²) in [6.45, 7) is 0. The van der Waals surface area contributed by atoms with Crippen LogP contribution in [0.15, 0.2) is 29.3 Å². The van der Waals surface area contributed by atoms with Crippen LogP contribution in [0.1, 0.15) is 25.7 Å². The van der Waals surface area contributed by atoms with Gasteiger partial charge in [-0.15, -0.1) is 0 Å². The molecule has 5 heteroatoms. The fourth-order valence-electron chi connectivity index (χ4n) is 2.07. The van der Waals surface area contributed by atoms with Crippen LogP contribution >= 0.6 is 11.6 Å². The highest BCUT2D eigenvalue weighted by atomic mass is 35.5. The number of hydrogen-bond donors (Lipinski definition) is 1. The number of allylic oxidation sites excluding steroid dienone is 1. The molecule has 0 aromatic heterocycles. The van der Waals surface area contributed by atoms with Gasteiger partial charge in [-0.1, -0.05) is 11.6 Å². The minimum atomic E-state index is -0.548. The van der Waals surface area contributed by atoms with Crippen molar-refractivity contribution < 1.29 is 9.18 Å². The average Bonchev–Trinajstić information content (AvgIpc) is 2.42. The van der Waals surface area contributed by atoms with Crippen molar-refractivity contribution in [2.45, 2.75) is 25.7 Å². The minimum absolute atomic E-state index is 0.0351. The number of amides is 1. The van der Waals surface area contributed by atoms with E-state index >= 15 is 0 Å². The first-order valence-electron chi connectivity index (χ1n) is 6.00. The summed E-state index contributed by atoms with van der Waals surface area (Å²) in [7, 11) is 0. The summed E-state index contributed by atoms with van der Waals surface area (Å²) in [4.78, 5) is 12.1. The Balaban J connectivity index is 2.24. The number of benzene rings is 1. The normalized spacial score (nSPS) is 15.0. The topological polar surface area (TPSA) is 52.9 Å². The lowest BCUT2D eigenvalue weighted by atomic mass is 9.92. The third kappa shape index (κ3) is 3.12. The summed E-state index contributed by atoms with van der Waals surface area (Å²) in [6, 6.07) is 6.00. The summed E-state index contributed by atoms with van der Waals surface area (Å²) >= 11 is 5.76. The standard InChI is InChI=1S/C14H12ClFN2O/c15-10-5-6-12(16)13(7-10)18-14(19)11-4-2-1-3-9(11)8-17/h5-7H,1-4H2,(H,18,19). The molecular weight excluding hydrogens is 267 g/mol. The van der Waals surface area contributed by atoms with Gasteiger partial charge in [-0.05, 0) is 43.9 Å². The summed E-state index contributed by atoms with van der Waals surface area (Å²) in [5, 5.41) is 11.8. The number of halogens is 2. The molecule has 1 N–H and O–H groups in total. The lowest BCUT2D eigenvalue weighted by Gasteiger charge is -2.15. The maximum Gasteiger partial charge on any atom is 0.252 e. The summed E-state index contributed by atoms with van der Waals surface area (Å²) in [5.41, 5.74) is 0.979. The fourth-order valence-corrected chi connectivity index (χ4v) is 2.24. The summed E-state index contributed by atoms with van der Waals surface area (Å²) in [6.07, 6.45) is 2.94. The maximum absolute atomic E-state index is 13.5. The molecule has 0 saturated carbocycles. The second-order valence-corrected chi connectivity index (χ2v) is 4.79. The zero-order valence-corrected chi connectivity index (χ0v) is 10.9. The summed E-state index contributed by atoms with van der Waals surface area (Å²) < 4.78 is 13.5. The third-order valence-electron chi connectivity index (χ3n) is 3.05. The Morgan fingerprint density at radius 3 is 2.84 bits per heavy atom. The fraction of sp³-hybridized carbons (Fsp3) is 0.286. The number of anilines is 1. The van der Waals surface area contributed by atoms with Gasteiger partial charge in [0.25, 0.3) is 5.91 Å². The van der Waals surface area contributed by atoms with Gasteiger partial charge < -0.3 is 5.32 Å². The monoisotopic (exact) mass is 278 g/mol. The van der Waals surface area contributed by atoms with Crippen molar-refractivity contribution in [3.8, 4) is 6.07 Å². The van der Waals surface area contributed by atoms with Gasteiger partial charge in [-0.25, -0.2) is 4.39 Å². The van der Waals surface area contributed by atoms with Crippen LogP contribution in [0.2, 0.25) is 5.02 Å². The molecule has 3 nitrogen and oxygen atoms in total. The quantitative estimate of drug-likeness (QED) is 0.894. The lowest BCUT2D eigenvalue weighted by molar-refractivity contribution is -0.113. The van der Waals surface area contributed by atoms with Crippen molar-refractivity contribution in [3.63, 3.8) is 0 Å². The van der Waals surface area contributed by atoms with Crippen molar-refractivity contribution in [1.82, 2.24) is 0 Å². The molecule has 0 fully saturated rings. The number of hydrogen-bond acceptors (Lipinski definition) is 2. The summed E-state index contributed by atoms with van der Waals surface area (Å²) in [5.74, 6) is -0.968. The van der Waals surface area contributed by atoms with Gasteiger partial charge in [-0.2, -0.15) is 5.26 Å². The van der Waals surface area contributed by atoms with Gasteiger partial charge in [0.05, 0.1) is 11.8 Å². The largest absolute Gasteiger partial charge is 0.320 e. The molecule has 1 aliphatic rings. The molecule has 0 unspecified atom stereocenters. The van der Waals surface area contributed by atoms with Crippen molar-refractivity contribution in [2.75, 3.05) is 5.32 Å². The van der Waals surface area contributed by atoms with Crippen LogP contribution in [0.3, 0.4) is 0 Å². The number of nitrogens with zero attached hydrogens (tertiary/aromatic N) is 1. The van der Waals surface area contributed by atoms with Crippen LogP contribution < -0.4 is 5.32 Å². The van der Waals surface area contributed by atoms with Crippen LogP contribution in [-0.4, -0.2) is 5.91 Å². The Hall–Kier alpha value is -1.86. The predicted molar refractivity (Wildman–Crippen MR) is 71.1 cm³/mol. The molecule has 0 atom stereocenters. The molecule has 0 radical (unpaired) electrons. The second-order valence-electron chi connectivity index (χ2n) is 4.35. The first-order valence-corrected chi connectivity index (χ1v) is 6.38. The van der Waals surface area contributed by atoms with Gasteiger partial charge >= 0.3 is 0 Å². The van der Waals surface area contributed by atoms with Gasteiger partial charge in [0.2, 0.25) is 0 Å². The van der Waals surface area contributed by atoms with Gasteiger partial charge in [0.1, 0.15) is 5.82 Å². The zero-order chi connectivity index (χ0) is 13.8. The average molecular weight is 279 g/mol. The number of nitriles is 1. The minimum Gasteiger partial charge on any atom is -0.320 e. The van der Waals surface area contributed by atoms with E-state index in [1.807, 2.05) is 6.07 Å². The molecule has 0 spiro atoms. The van der Waals surface area contributed by atoms with E-state index in [2.05, 4.69) is 5.32 Å². The smallest absolute Gasteiger partial charge is 0.252 e. The molecule has 1 aromatic carbocycles. The molecule has 19 heavy (non-hydrogen) atoms. The van der Waals surface area contributed by atoms with Crippen LogP contribution in [0, 0.1) is 17.1 Å². The first-order chi connectivity index (χ1) is 9.11. The van der Waals surface area contributed by atoms with Gasteiger partial charge in [0, 0.05) is 16.2 Å². The van der Waals surface area contributed by atoms with Crippen molar-refractivity contribution in [3.05, 3.63) is 40.2 Å². The van der Waals surface area contributed by atoms with Crippen molar-refractivity contribution >= 4 is 23.2 Å². The molecule has 2 rings (SSSR count). The molecular formula is C14H12ClFN2O. The van der Waals surface area contributed by atoms with E-state index < -0.39 is 11.7 Å². The van der Waals surface area contributed by atoms with E-state index in [-0.39, 0.29) is 5.69 Å². The molecule has 0 aliphatic heterocycles. The maximum atomic E-state index is 13.5. The highest BCUT2D eigenvalue weighted by Crippen LogP contribution is 2.26.